The Morgan fingerprint density at radius 3 is 2.26 bits per heavy atom. The van der Waals surface area contributed by atoms with Crippen molar-refractivity contribution in [2.45, 2.75) is 0 Å². The van der Waals surface area contributed by atoms with Crippen molar-refractivity contribution < 1.29 is 13.6 Å². The lowest BCUT2D eigenvalue weighted by Crippen LogP contribution is -2.13. The summed E-state index contributed by atoms with van der Waals surface area (Å²) < 4.78 is 27.5. The molecule has 0 aliphatic carbocycles. The predicted molar refractivity (Wildman–Crippen MR) is 76.2 cm³/mol. The molecule has 0 atom stereocenters. The fraction of sp³-hybridized carbons (Fsp3) is 0. The maximum absolute atomic E-state index is 13.0. The van der Waals surface area contributed by atoms with Crippen molar-refractivity contribution in [2.24, 2.45) is 0 Å². The van der Waals surface area contributed by atoms with E-state index >= 15 is 0 Å². The van der Waals surface area contributed by atoms with Gasteiger partial charge in [0, 0.05) is 20.6 Å². The third-order valence-electron chi connectivity index (χ3n) is 2.30. The Balaban J connectivity index is 2.28. The zero-order valence-corrected chi connectivity index (χ0v) is 12.6. The summed E-state index contributed by atoms with van der Waals surface area (Å²) in [5, 5.41) is 2.57. The Hall–Kier alpha value is -1.27. The van der Waals surface area contributed by atoms with Gasteiger partial charge in [0.25, 0.3) is 5.91 Å². The summed E-state index contributed by atoms with van der Waals surface area (Å²) >= 11 is 6.55. The van der Waals surface area contributed by atoms with E-state index in [1.54, 1.807) is 18.2 Å². The quantitative estimate of drug-likeness (QED) is 0.788. The Kier molecular flexibility index (Phi) is 4.31. The molecule has 0 spiro atoms. The monoisotopic (exact) mass is 389 g/mol. The first-order valence-electron chi connectivity index (χ1n) is 5.18. The molecule has 6 heteroatoms. The molecule has 0 aromatic heterocycles. The molecule has 0 aliphatic heterocycles. The highest BCUT2D eigenvalue weighted by Gasteiger charge is 2.11. The summed E-state index contributed by atoms with van der Waals surface area (Å²) in [6.45, 7) is 0. The molecule has 98 valence electrons. The minimum atomic E-state index is -0.793. The van der Waals surface area contributed by atoms with E-state index in [-0.39, 0.29) is 5.56 Å². The van der Waals surface area contributed by atoms with E-state index in [2.05, 4.69) is 37.2 Å². The lowest BCUT2D eigenvalue weighted by atomic mass is 10.2. The molecule has 0 unspecified atom stereocenters. The van der Waals surface area contributed by atoms with Crippen molar-refractivity contribution in [3.63, 3.8) is 0 Å². The average molecular weight is 391 g/mol. The average Bonchev–Trinajstić information content (AvgIpc) is 2.32. The molecule has 2 aromatic carbocycles. The number of benzene rings is 2. The van der Waals surface area contributed by atoms with Crippen LogP contribution in [0.5, 0.6) is 0 Å². The number of hydrogen-bond donors (Lipinski definition) is 1. The van der Waals surface area contributed by atoms with E-state index < -0.39 is 17.5 Å². The van der Waals surface area contributed by atoms with E-state index in [1.807, 2.05) is 0 Å². The van der Waals surface area contributed by atoms with Crippen molar-refractivity contribution in [1.82, 2.24) is 0 Å². The Labute approximate surface area is 125 Å². The summed E-state index contributed by atoms with van der Waals surface area (Å²) in [6, 6.07) is 7.88. The van der Waals surface area contributed by atoms with Crippen molar-refractivity contribution in [3.8, 4) is 0 Å². The fourth-order valence-electron chi connectivity index (χ4n) is 1.47. The van der Waals surface area contributed by atoms with Gasteiger partial charge in [0.15, 0.2) is 0 Å². The van der Waals surface area contributed by atoms with Gasteiger partial charge in [0.2, 0.25) is 0 Å². The van der Waals surface area contributed by atoms with Crippen molar-refractivity contribution in [2.75, 3.05) is 5.32 Å². The van der Waals surface area contributed by atoms with Gasteiger partial charge in [-0.25, -0.2) is 8.78 Å². The second kappa shape index (κ2) is 5.79. The van der Waals surface area contributed by atoms with Crippen LogP contribution in [0, 0.1) is 11.6 Å². The topological polar surface area (TPSA) is 29.1 Å². The normalized spacial score (nSPS) is 10.3. The third-order valence-corrected chi connectivity index (χ3v) is 3.49. The van der Waals surface area contributed by atoms with Gasteiger partial charge in [-0.1, -0.05) is 15.9 Å². The largest absolute Gasteiger partial charge is 0.321 e. The van der Waals surface area contributed by atoms with Gasteiger partial charge < -0.3 is 5.32 Å². The number of rotatable bonds is 2. The zero-order chi connectivity index (χ0) is 14.0. The molecule has 0 heterocycles. The van der Waals surface area contributed by atoms with E-state index in [0.717, 1.165) is 16.6 Å². The molecular weight excluding hydrogens is 384 g/mol. The van der Waals surface area contributed by atoms with Crippen LogP contribution in [0.1, 0.15) is 10.4 Å². The number of halogens is 4. The smallest absolute Gasteiger partial charge is 0.255 e. The van der Waals surface area contributed by atoms with Crippen LogP contribution in [-0.4, -0.2) is 5.91 Å². The Morgan fingerprint density at radius 1 is 1.00 bits per heavy atom. The standard InChI is InChI=1S/C13H7Br2F2NO/c14-8-1-2-11(15)12(5-8)18-13(19)7-3-9(16)6-10(17)4-7/h1-6H,(H,18,19). The van der Waals surface area contributed by atoms with Crippen molar-refractivity contribution in [1.29, 1.82) is 0 Å². The molecule has 2 rings (SSSR count). The highest BCUT2D eigenvalue weighted by Crippen LogP contribution is 2.26. The molecule has 0 saturated carbocycles. The summed E-state index contributed by atoms with van der Waals surface area (Å²) in [4.78, 5) is 11.9. The summed E-state index contributed by atoms with van der Waals surface area (Å²) in [7, 11) is 0. The molecule has 2 nitrogen and oxygen atoms in total. The highest BCUT2D eigenvalue weighted by molar-refractivity contribution is 9.11. The van der Waals surface area contributed by atoms with Gasteiger partial charge in [0.05, 0.1) is 5.69 Å². The van der Waals surface area contributed by atoms with Gasteiger partial charge in [-0.2, -0.15) is 0 Å². The van der Waals surface area contributed by atoms with E-state index in [9.17, 15) is 13.6 Å². The first-order valence-corrected chi connectivity index (χ1v) is 6.77. The van der Waals surface area contributed by atoms with Crippen LogP contribution >= 0.6 is 31.9 Å². The first-order chi connectivity index (χ1) is 8.95. The molecule has 0 fully saturated rings. The van der Waals surface area contributed by atoms with Crippen LogP contribution in [-0.2, 0) is 0 Å². The number of amides is 1. The Morgan fingerprint density at radius 2 is 1.63 bits per heavy atom. The van der Waals surface area contributed by atoms with E-state index in [0.29, 0.717) is 16.2 Å². The van der Waals surface area contributed by atoms with E-state index in [1.165, 1.54) is 0 Å². The lowest BCUT2D eigenvalue weighted by Gasteiger charge is -2.08. The lowest BCUT2D eigenvalue weighted by molar-refractivity contribution is 0.102. The van der Waals surface area contributed by atoms with Crippen LogP contribution in [0.3, 0.4) is 0 Å². The van der Waals surface area contributed by atoms with Crippen molar-refractivity contribution >= 4 is 43.5 Å². The van der Waals surface area contributed by atoms with Gasteiger partial charge in [-0.3, -0.25) is 4.79 Å². The number of anilines is 1. The van der Waals surface area contributed by atoms with Gasteiger partial charge >= 0.3 is 0 Å². The van der Waals surface area contributed by atoms with Gasteiger partial charge in [-0.15, -0.1) is 0 Å². The van der Waals surface area contributed by atoms with E-state index in [4.69, 9.17) is 0 Å². The van der Waals surface area contributed by atoms with Crippen LogP contribution in [0.15, 0.2) is 45.3 Å². The minimum absolute atomic E-state index is 0.0793. The van der Waals surface area contributed by atoms with Gasteiger partial charge in [0.1, 0.15) is 11.6 Å². The number of nitrogens with one attached hydrogen (secondary N) is 1. The van der Waals surface area contributed by atoms with Crippen LogP contribution in [0.25, 0.3) is 0 Å². The molecule has 1 N–H and O–H groups in total. The fourth-order valence-corrected chi connectivity index (χ4v) is 2.18. The zero-order valence-electron chi connectivity index (χ0n) is 9.38. The molecular formula is C13H7Br2F2NO. The molecule has 2 aromatic rings. The van der Waals surface area contributed by atoms with Crippen LogP contribution in [0.4, 0.5) is 14.5 Å². The van der Waals surface area contributed by atoms with Crippen LogP contribution < -0.4 is 5.32 Å². The summed E-state index contributed by atoms with van der Waals surface area (Å²) in [5.41, 5.74) is 0.424. The van der Waals surface area contributed by atoms with Crippen molar-refractivity contribution in [3.05, 3.63) is 62.5 Å². The third kappa shape index (κ3) is 3.61. The summed E-state index contributed by atoms with van der Waals surface area (Å²) in [5.74, 6) is -2.17. The number of hydrogen-bond acceptors (Lipinski definition) is 1. The Bertz CT molecular complexity index is 626. The highest BCUT2D eigenvalue weighted by atomic mass is 79.9. The molecule has 0 saturated heterocycles. The number of carbonyl (C=O) groups excluding carboxylic acids is 1. The minimum Gasteiger partial charge on any atom is -0.321 e. The van der Waals surface area contributed by atoms with Crippen LogP contribution in [0.2, 0.25) is 0 Å². The first kappa shape index (κ1) is 14.1. The summed E-state index contributed by atoms with van der Waals surface area (Å²) in [6.07, 6.45) is 0. The SMILES string of the molecule is O=C(Nc1cc(Br)ccc1Br)c1cc(F)cc(F)c1. The molecule has 0 bridgehead atoms. The predicted octanol–water partition coefficient (Wildman–Crippen LogP) is 4.74. The molecule has 19 heavy (non-hydrogen) atoms. The molecule has 0 radical (unpaired) electrons. The maximum atomic E-state index is 13.0. The molecule has 1 amide bonds. The second-order valence-corrected chi connectivity index (χ2v) is 5.51. The second-order valence-electron chi connectivity index (χ2n) is 3.74. The van der Waals surface area contributed by atoms with Gasteiger partial charge in [-0.05, 0) is 46.3 Å². The molecule has 0 aliphatic rings. The number of carbonyl (C=O) groups is 1. The maximum Gasteiger partial charge on any atom is 0.255 e.